The van der Waals surface area contributed by atoms with Crippen molar-refractivity contribution < 1.29 is 19.1 Å². The number of carbonyl (C=O) groups excluding carboxylic acids is 3. The third-order valence-corrected chi connectivity index (χ3v) is 8.17. The van der Waals surface area contributed by atoms with Crippen molar-refractivity contribution in [1.82, 2.24) is 9.80 Å². The molecule has 1 saturated carbocycles. The molecule has 3 aliphatic heterocycles. The molecule has 2 saturated heterocycles. The van der Waals surface area contributed by atoms with E-state index in [1.54, 1.807) is 4.90 Å². The van der Waals surface area contributed by atoms with Gasteiger partial charge in [0.25, 0.3) is 0 Å². The molecule has 0 unspecified atom stereocenters. The third-order valence-electron chi connectivity index (χ3n) is 7.12. The molecular formula is C23H29N3O4S. The van der Waals surface area contributed by atoms with Gasteiger partial charge in [0.2, 0.25) is 11.8 Å². The number of thioether (sulfide) groups is 1. The van der Waals surface area contributed by atoms with E-state index in [0.717, 1.165) is 49.1 Å². The molecule has 8 heteroatoms. The fourth-order valence-corrected chi connectivity index (χ4v) is 6.31. The third kappa shape index (κ3) is 4.02. The highest BCUT2D eigenvalue weighted by Crippen LogP contribution is 2.39. The molecule has 0 radical (unpaired) electrons. The minimum Gasteiger partial charge on any atom is -0.441 e. The van der Waals surface area contributed by atoms with E-state index in [1.165, 1.54) is 18.2 Å². The first-order valence-corrected chi connectivity index (χ1v) is 12.3. The van der Waals surface area contributed by atoms with Crippen molar-refractivity contribution in [2.24, 2.45) is 0 Å². The van der Waals surface area contributed by atoms with Crippen LogP contribution in [0.5, 0.6) is 0 Å². The van der Waals surface area contributed by atoms with Crippen molar-refractivity contribution in [3.63, 3.8) is 0 Å². The largest absolute Gasteiger partial charge is 0.441 e. The number of ether oxygens (including phenoxy) is 1. The van der Waals surface area contributed by atoms with Gasteiger partial charge in [-0.2, -0.15) is 0 Å². The van der Waals surface area contributed by atoms with Crippen molar-refractivity contribution in [3.8, 4) is 0 Å². The monoisotopic (exact) mass is 443 g/mol. The van der Waals surface area contributed by atoms with Gasteiger partial charge in [-0.25, -0.2) is 4.79 Å². The summed E-state index contributed by atoms with van der Waals surface area (Å²) in [6.45, 7) is 1.99. The summed E-state index contributed by atoms with van der Waals surface area (Å²) in [6, 6.07) is 7.87. The fourth-order valence-electron chi connectivity index (χ4n) is 5.38. The zero-order valence-corrected chi connectivity index (χ0v) is 18.6. The number of hydrogen-bond acceptors (Lipinski definition) is 5. The van der Waals surface area contributed by atoms with Crippen LogP contribution in [0.3, 0.4) is 0 Å². The topological polar surface area (TPSA) is 70.2 Å². The highest BCUT2D eigenvalue weighted by molar-refractivity contribution is 8.00. The van der Waals surface area contributed by atoms with Gasteiger partial charge < -0.3 is 19.4 Å². The number of anilines is 1. The molecule has 3 fully saturated rings. The number of carbonyl (C=O) groups is 3. The van der Waals surface area contributed by atoms with Crippen LogP contribution < -0.4 is 4.90 Å². The molecule has 1 aliphatic carbocycles. The summed E-state index contributed by atoms with van der Waals surface area (Å²) in [4.78, 5) is 44.4. The molecule has 0 atom stereocenters. The highest BCUT2D eigenvalue weighted by Gasteiger charge is 2.48. The van der Waals surface area contributed by atoms with E-state index in [-0.39, 0.29) is 36.1 Å². The van der Waals surface area contributed by atoms with E-state index in [2.05, 4.69) is 0 Å². The molecular weight excluding hydrogens is 414 g/mol. The zero-order valence-electron chi connectivity index (χ0n) is 17.8. The van der Waals surface area contributed by atoms with Gasteiger partial charge in [0.1, 0.15) is 12.1 Å². The smallest absolute Gasteiger partial charge is 0.410 e. The second-order valence-corrected chi connectivity index (χ2v) is 10.1. The Bertz CT molecular complexity index is 877. The fraction of sp³-hybridized carbons (Fsp3) is 0.609. The molecule has 0 N–H and O–H groups in total. The molecule has 0 aromatic heterocycles. The van der Waals surface area contributed by atoms with Gasteiger partial charge in [0.05, 0.1) is 18.0 Å². The van der Waals surface area contributed by atoms with Crippen LogP contribution in [-0.4, -0.2) is 71.3 Å². The first-order chi connectivity index (χ1) is 15.0. The average Bonchev–Trinajstić information content (AvgIpc) is 3.11. The summed E-state index contributed by atoms with van der Waals surface area (Å²) in [5, 5.41) is 0. The average molecular weight is 444 g/mol. The van der Waals surface area contributed by atoms with Gasteiger partial charge >= 0.3 is 6.09 Å². The van der Waals surface area contributed by atoms with Crippen molar-refractivity contribution in [3.05, 3.63) is 24.3 Å². The lowest BCUT2D eigenvalue weighted by atomic mass is 9.84. The molecule has 1 aromatic carbocycles. The zero-order chi connectivity index (χ0) is 21.4. The Labute approximate surface area is 187 Å². The Morgan fingerprint density at radius 1 is 1.10 bits per heavy atom. The van der Waals surface area contributed by atoms with Crippen molar-refractivity contribution in [2.45, 2.75) is 61.5 Å². The van der Waals surface area contributed by atoms with Gasteiger partial charge in [-0.05, 0) is 50.7 Å². The van der Waals surface area contributed by atoms with Gasteiger partial charge in [-0.3, -0.25) is 9.59 Å². The summed E-state index contributed by atoms with van der Waals surface area (Å²) in [5.41, 5.74) is 0.548. The molecule has 3 amide bonds. The lowest BCUT2D eigenvalue weighted by molar-refractivity contribution is -0.132. The van der Waals surface area contributed by atoms with Crippen LogP contribution in [0.2, 0.25) is 0 Å². The second kappa shape index (κ2) is 8.37. The van der Waals surface area contributed by atoms with E-state index < -0.39 is 0 Å². The maximum Gasteiger partial charge on any atom is 0.410 e. The van der Waals surface area contributed by atoms with E-state index in [4.69, 9.17) is 4.74 Å². The molecule has 0 bridgehead atoms. The van der Waals surface area contributed by atoms with Crippen LogP contribution in [0.1, 0.15) is 44.9 Å². The van der Waals surface area contributed by atoms with Gasteiger partial charge in [0, 0.05) is 24.0 Å². The van der Waals surface area contributed by atoms with Crippen molar-refractivity contribution in [1.29, 1.82) is 0 Å². The predicted octanol–water partition coefficient (Wildman–Crippen LogP) is 3.27. The number of nitrogens with zero attached hydrogens (tertiary/aromatic N) is 3. The highest BCUT2D eigenvalue weighted by atomic mass is 32.2. The van der Waals surface area contributed by atoms with Crippen LogP contribution >= 0.6 is 11.8 Å². The Hall–Kier alpha value is -2.22. The second-order valence-electron chi connectivity index (χ2n) is 9.09. The number of piperidine rings is 1. The molecule has 4 aliphatic rings. The summed E-state index contributed by atoms with van der Waals surface area (Å²) in [7, 11) is 0. The quantitative estimate of drug-likeness (QED) is 0.717. The number of likely N-dealkylation sites (tertiary alicyclic amines) is 1. The van der Waals surface area contributed by atoms with Crippen molar-refractivity contribution in [2.75, 3.05) is 36.8 Å². The van der Waals surface area contributed by atoms with Crippen LogP contribution in [0.25, 0.3) is 0 Å². The minimum absolute atomic E-state index is 0.0236. The number of amides is 3. The molecule has 1 aromatic rings. The number of para-hydroxylation sites is 1. The number of fused-ring (bicyclic) bond motifs is 1. The normalized spacial score (nSPS) is 23.8. The first kappa shape index (κ1) is 20.7. The van der Waals surface area contributed by atoms with E-state index >= 15 is 0 Å². The molecule has 3 heterocycles. The molecule has 5 rings (SSSR count). The van der Waals surface area contributed by atoms with Gasteiger partial charge in [-0.15, -0.1) is 11.8 Å². The van der Waals surface area contributed by atoms with E-state index in [9.17, 15) is 14.4 Å². The predicted molar refractivity (Wildman–Crippen MR) is 118 cm³/mol. The Morgan fingerprint density at radius 3 is 2.61 bits per heavy atom. The first-order valence-electron chi connectivity index (χ1n) is 11.3. The molecule has 1 spiro atoms. The summed E-state index contributed by atoms with van der Waals surface area (Å²) in [6.07, 6.45) is 6.76. The summed E-state index contributed by atoms with van der Waals surface area (Å²) < 4.78 is 5.84. The Balaban J connectivity index is 1.18. The SMILES string of the molecule is O=C(CN1C(=O)CSc2ccccc21)N1CCC(N2CC3(CCCCC3)OC2=O)CC1. The number of rotatable bonds is 3. The standard InChI is InChI=1S/C23H29N3O4S/c27-20(14-25-18-6-2-3-7-19(18)31-15-21(25)28)24-12-8-17(9-13-24)26-16-23(30-22(26)29)10-4-1-5-11-23/h2-3,6-7,17H,1,4-5,8-16H2. The molecule has 31 heavy (non-hydrogen) atoms. The van der Waals surface area contributed by atoms with Crippen LogP contribution in [-0.2, 0) is 14.3 Å². The maximum atomic E-state index is 13.0. The van der Waals surface area contributed by atoms with Crippen LogP contribution in [0.15, 0.2) is 29.2 Å². The van der Waals surface area contributed by atoms with E-state index in [0.29, 0.717) is 25.4 Å². The van der Waals surface area contributed by atoms with Crippen molar-refractivity contribution >= 4 is 35.4 Å². The van der Waals surface area contributed by atoms with E-state index in [1.807, 2.05) is 34.1 Å². The summed E-state index contributed by atoms with van der Waals surface area (Å²) in [5.74, 6) is 0.316. The Morgan fingerprint density at radius 2 is 1.84 bits per heavy atom. The Kier molecular flexibility index (Phi) is 5.58. The molecule has 166 valence electrons. The molecule has 7 nitrogen and oxygen atoms in total. The van der Waals surface area contributed by atoms with Gasteiger partial charge in [-0.1, -0.05) is 18.6 Å². The lowest BCUT2D eigenvalue weighted by Gasteiger charge is -2.37. The summed E-state index contributed by atoms with van der Waals surface area (Å²) >= 11 is 1.52. The maximum absolute atomic E-state index is 13.0. The minimum atomic E-state index is -0.275. The van der Waals surface area contributed by atoms with Crippen LogP contribution in [0, 0.1) is 0 Å². The lowest BCUT2D eigenvalue weighted by Crippen LogP contribution is -2.51. The van der Waals surface area contributed by atoms with Gasteiger partial charge in [0.15, 0.2) is 0 Å². The number of benzene rings is 1. The van der Waals surface area contributed by atoms with Crippen LogP contribution in [0.4, 0.5) is 10.5 Å². The number of hydrogen-bond donors (Lipinski definition) is 0.